The summed E-state index contributed by atoms with van der Waals surface area (Å²) < 4.78 is 5.28. The van der Waals surface area contributed by atoms with Crippen LogP contribution in [0.25, 0.3) is 0 Å². The van der Waals surface area contributed by atoms with Gasteiger partial charge in [0.2, 0.25) is 0 Å². The Hall–Kier alpha value is -1.37. The van der Waals surface area contributed by atoms with Gasteiger partial charge in [-0.15, -0.1) is 0 Å². The fraction of sp³-hybridized carbons (Fsp3) is 0.500. The molecule has 104 valence electrons. The van der Waals surface area contributed by atoms with Crippen molar-refractivity contribution in [1.29, 1.82) is 0 Å². The van der Waals surface area contributed by atoms with Gasteiger partial charge in [-0.1, -0.05) is 11.6 Å². The minimum Gasteiger partial charge on any atom is -0.398 e. The number of aliphatic imine (C=N–C) groups is 1. The molecule has 0 unspecified atom stereocenters. The van der Waals surface area contributed by atoms with Crippen LogP contribution in [0.1, 0.15) is 5.56 Å². The molecule has 0 amide bonds. The second kappa shape index (κ2) is 6.70. The Morgan fingerprint density at radius 2 is 2.21 bits per heavy atom. The third kappa shape index (κ3) is 4.05. The minimum atomic E-state index is 0.349. The molecule has 0 radical (unpaired) electrons. The van der Waals surface area contributed by atoms with Crippen LogP contribution in [0.4, 0.5) is 5.69 Å². The zero-order valence-electron chi connectivity index (χ0n) is 10.7. The summed E-state index contributed by atoms with van der Waals surface area (Å²) in [6.45, 7) is 4.96. The number of anilines is 1. The largest absolute Gasteiger partial charge is 0.398 e. The summed E-state index contributed by atoms with van der Waals surface area (Å²) in [4.78, 5) is 10.6. The van der Waals surface area contributed by atoms with Crippen molar-refractivity contribution < 1.29 is 4.74 Å². The van der Waals surface area contributed by atoms with Crippen LogP contribution in [0.2, 0.25) is 5.15 Å². The fourth-order valence-corrected chi connectivity index (χ4v) is 2.05. The van der Waals surface area contributed by atoms with Gasteiger partial charge < -0.3 is 16.2 Å². The number of hydrogen-bond acceptors (Lipinski definition) is 5. The molecule has 0 aliphatic carbocycles. The topological polar surface area (TPSA) is 89.8 Å². The summed E-state index contributed by atoms with van der Waals surface area (Å²) in [5, 5.41) is 0.349. The molecule has 2 heterocycles. The van der Waals surface area contributed by atoms with E-state index in [9.17, 15) is 0 Å². The Kier molecular flexibility index (Phi) is 4.95. The van der Waals surface area contributed by atoms with E-state index in [4.69, 9.17) is 27.8 Å². The smallest absolute Gasteiger partial charge is 0.131 e. The van der Waals surface area contributed by atoms with E-state index in [1.165, 1.54) is 0 Å². The number of nitrogen functional groups attached to an aromatic ring is 1. The van der Waals surface area contributed by atoms with Crippen molar-refractivity contribution in [3.63, 3.8) is 0 Å². The first-order valence-corrected chi connectivity index (χ1v) is 6.56. The van der Waals surface area contributed by atoms with E-state index in [1.54, 1.807) is 12.3 Å². The van der Waals surface area contributed by atoms with E-state index < -0.39 is 0 Å². The Morgan fingerprint density at radius 3 is 2.89 bits per heavy atom. The lowest BCUT2D eigenvalue weighted by Gasteiger charge is -2.25. The maximum absolute atomic E-state index is 5.91. The highest BCUT2D eigenvalue weighted by Crippen LogP contribution is 2.14. The quantitative estimate of drug-likeness (QED) is 0.473. The number of ether oxygens (including phenoxy) is 1. The highest BCUT2D eigenvalue weighted by Gasteiger charge is 2.10. The molecule has 19 heavy (non-hydrogen) atoms. The highest BCUT2D eigenvalue weighted by molar-refractivity contribution is 6.29. The summed E-state index contributed by atoms with van der Waals surface area (Å²) in [6.07, 6.45) is 1.55. The van der Waals surface area contributed by atoms with Crippen LogP contribution in [-0.4, -0.2) is 55.1 Å². The molecule has 2 rings (SSSR count). The first-order valence-electron chi connectivity index (χ1n) is 6.18. The van der Waals surface area contributed by atoms with Gasteiger partial charge in [0.05, 0.1) is 25.3 Å². The fourth-order valence-electron chi connectivity index (χ4n) is 1.88. The summed E-state index contributed by atoms with van der Waals surface area (Å²) in [5.41, 5.74) is 12.9. The van der Waals surface area contributed by atoms with Crippen molar-refractivity contribution >= 4 is 23.1 Å². The van der Waals surface area contributed by atoms with Crippen LogP contribution >= 0.6 is 11.6 Å². The van der Waals surface area contributed by atoms with E-state index in [0.29, 0.717) is 28.8 Å². The monoisotopic (exact) mass is 283 g/mol. The van der Waals surface area contributed by atoms with Crippen molar-refractivity contribution in [2.24, 2.45) is 10.7 Å². The molecule has 1 aliphatic heterocycles. The van der Waals surface area contributed by atoms with Gasteiger partial charge in [0, 0.05) is 31.5 Å². The lowest BCUT2D eigenvalue weighted by molar-refractivity contribution is 0.0394. The molecule has 7 heteroatoms. The van der Waals surface area contributed by atoms with Crippen molar-refractivity contribution in [2.75, 3.05) is 45.1 Å². The maximum atomic E-state index is 5.91. The van der Waals surface area contributed by atoms with Crippen LogP contribution in [0.15, 0.2) is 17.3 Å². The van der Waals surface area contributed by atoms with Gasteiger partial charge in [0.25, 0.3) is 0 Å². The Labute approximate surface area is 117 Å². The molecular formula is C12H18ClN5O. The van der Waals surface area contributed by atoms with Gasteiger partial charge in [0.15, 0.2) is 0 Å². The van der Waals surface area contributed by atoms with E-state index in [0.717, 1.165) is 32.8 Å². The highest BCUT2D eigenvalue weighted by atomic mass is 35.5. The van der Waals surface area contributed by atoms with E-state index in [2.05, 4.69) is 14.9 Å². The molecule has 1 aliphatic rings. The molecule has 4 N–H and O–H groups in total. The summed E-state index contributed by atoms with van der Waals surface area (Å²) in [6, 6.07) is 1.57. The maximum Gasteiger partial charge on any atom is 0.131 e. The number of nitrogens with two attached hydrogens (primary N) is 2. The Bertz CT molecular complexity index is 459. The van der Waals surface area contributed by atoms with Crippen LogP contribution < -0.4 is 11.5 Å². The number of morpholine rings is 1. The summed E-state index contributed by atoms with van der Waals surface area (Å²) >= 11 is 5.74. The molecule has 1 saturated heterocycles. The molecule has 0 atom stereocenters. The molecule has 0 spiro atoms. The first-order chi connectivity index (χ1) is 9.16. The van der Waals surface area contributed by atoms with Gasteiger partial charge in [0.1, 0.15) is 11.0 Å². The molecule has 1 fully saturated rings. The third-order valence-corrected chi connectivity index (χ3v) is 3.19. The molecule has 0 aromatic carbocycles. The second-order valence-electron chi connectivity index (χ2n) is 4.32. The lowest BCUT2D eigenvalue weighted by Crippen LogP contribution is -2.38. The second-order valence-corrected chi connectivity index (χ2v) is 4.70. The SMILES string of the molecule is NC(=NCCN1CCOCC1)c1cnc(Cl)cc1N. The van der Waals surface area contributed by atoms with Crippen molar-refractivity contribution in [3.8, 4) is 0 Å². The van der Waals surface area contributed by atoms with Gasteiger partial charge in [-0.25, -0.2) is 4.98 Å². The number of amidine groups is 1. The van der Waals surface area contributed by atoms with Crippen molar-refractivity contribution in [2.45, 2.75) is 0 Å². The van der Waals surface area contributed by atoms with Gasteiger partial charge in [-0.05, 0) is 6.07 Å². The van der Waals surface area contributed by atoms with E-state index in [-0.39, 0.29) is 0 Å². The van der Waals surface area contributed by atoms with Crippen LogP contribution in [0, 0.1) is 0 Å². The molecule has 1 aromatic heterocycles. The summed E-state index contributed by atoms with van der Waals surface area (Å²) in [7, 11) is 0. The number of hydrogen-bond donors (Lipinski definition) is 2. The van der Waals surface area contributed by atoms with Crippen LogP contribution in [0.5, 0.6) is 0 Å². The summed E-state index contributed by atoms with van der Waals surface area (Å²) in [5.74, 6) is 0.398. The lowest BCUT2D eigenvalue weighted by atomic mass is 10.2. The predicted octanol–water partition coefficient (Wildman–Crippen LogP) is 0.355. The molecule has 6 nitrogen and oxygen atoms in total. The zero-order chi connectivity index (χ0) is 13.7. The number of nitrogens with zero attached hydrogens (tertiary/aromatic N) is 3. The average molecular weight is 284 g/mol. The van der Waals surface area contributed by atoms with Gasteiger partial charge in [-0.2, -0.15) is 0 Å². The van der Waals surface area contributed by atoms with E-state index in [1.807, 2.05) is 0 Å². The number of rotatable bonds is 4. The van der Waals surface area contributed by atoms with Crippen LogP contribution in [-0.2, 0) is 4.74 Å². The van der Waals surface area contributed by atoms with Crippen molar-refractivity contribution in [1.82, 2.24) is 9.88 Å². The number of aromatic nitrogens is 1. The molecule has 0 saturated carbocycles. The van der Waals surface area contributed by atoms with Crippen LogP contribution in [0.3, 0.4) is 0 Å². The van der Waals surface area contributed by atoms with Crippen molar-refractivity contribution in [3.05, 3.63) is 23.0 Å². The molecular weight excluding hydrogens is 266 g/mol. The third-order valence-electron chi connectivity index (χ3n) is 2.98. The van der Waals surface area contributed by atoms with E-state index >= 15 is 0 Å². The Morgan fingerprint density at radius 1 is 1.47 bits per heavy atom. The predicted molar refractivity (Wildman–Crippen MR) is 76.5 cm³/mol. The minimum absolute atomic E-state index is 0.349. The molecule has 1 aromatic rings. The number of pyridine rings is 1. The zero-order valence-corrected chi connectivity index (χ0v) is 11.4. The first kappa shape index (κ1) is 14.0. The normalized spacial score (nSPS) is 17.6. The standard InChI is InChI=1S/C12H18ClN5O/c13-11-7-10(14)9(8-17-11)12(15)16-1-2-18-3-5-19-6-4-18/h7-8H,1-6H2,(H2,14,17)(H2,15,16). The number of halogens is 1. The van der Waals surface area contributed by atoms with Gasteiger partial charge in [-0.3, -0.25) is 9.89 Å². The molecule has 0 bridgehead atoms. The average Bonchev–Trinajstić information content (AvgIpc) is 2.39. The Balaban J connectivity index is 1.91. The van der Waals surface area contributed by atoms with Gasteiger partial charge >= 0.3 is 0 Å².